The Labute approximate surface area is 376 Å². The average molecular weight is 833 g/mol. The van der Waals surface area contributed by atoms with Crippen LogP contribution in [0.15, 0.2) is 211 Å². The van der Waals surface area contributed by atoms with Gasteiger partial charge in [0.05, 0.1) is 16.6 Å². The Balaban J connectivity index is 0.915. The lowest BCUT2D eigenvalue weighted by Crippen LogP contribution is -2.14. The molecule has 0 fully saturated rings. The number of para-hydroxylation sites is 3. The summed E-state index contributed by atoms with van der Waals surface area (Å²) in [7, 11) is 0. The van der Waals surface area contributed by atoms with Crippen molar-refractivity contribution in [2.45, 2.75) is 19.3 Å². The van der Waals surface area contributed by atoms with E-state index in [-0.39, 0.29) is 5.41 Å². The molecular formula is C60H40N4O. The molecule has 3 heterocycles. The molecule has 0 N–H and O–H groups in total. The SMILES string of the molecule is CC1(C)c2ccccc2-c2cc3c4cc(-c5ccc(-c6cccc7c6oc6c(-c8nc(-c9ccccc9)nc(-c9ccccc9)n8)cccc67)cc5)ccc4n(-c4ccccc4)c3cc21. The Bertz CT molecular complexity index is 3770. The molecule has 3 aromatic heterocycles. The van der Waals surface area contributed by atoms with E-state index in [4.69, 9.17) is 19.4 Å². The van der Waals surface area contributed by atoms with Crippen LogP contribution in [-0.4, -0.2) is 19.5 Å². The topological polar surface area (TPSA) is 56.7 Å². The highest BCUT2D eigenvalue weighted by Gasteiger charge is 2.36. The number of rotatable bonds is 6. The molecule has 0 aliphatic heterocycles. The minimum atomic E-state index is -0.0901. The van der Waals surface area contributed by atoms with Gasteiger partial charge >= 0.3 is 0 Å². The second kappa shape index (κ2) is 14.3. The van der Waals surface area contributed by atoms with Gasteiger partial charge in [-0.25, -0.2) is 15.0 Å². The van der Waals surface area contributed by atoms with Crippen LogP contribution in [-0.2, 0) is 5.41 Å². The maximum absolute atomic E-state index is 6.92. The Morgan fingerprint density at radius 2 is 0.892 bits per heavy atom. The van der Waals surface area contributed by atoms with Crippen molar-refractivity contribution in [1.82, 2.24) is 19.5 Å². The lowest BCUT2D eigenvalue weighted by Gasteiger charge is -2.21. The van der Waals surface area contributed by atoms with Gasteiger partial charge in [-0.1, -0.05) is 178 Å². The molecule has 0 saturated heterocycles. The number of furan rings is 1. The second-order valence-corrected chi connectivity index (χ2v) is 17.6. The summed E-state index contributed by atoms with van der Waals surface area (Å²) in [5.41, 5.74) is 17.6. The van der Waals surface area contributed by atoms with Gasteiger partial charge in [-0.2, -0.15) is 0 Å². The molecule has 0 amide bonds. The van der Waals surface area contributed by atoms with E-state index in [2.05, 4.69) is 158 Å². The van der Waals surface area contributed by atoms with Crippen molar-refractivity contribution >= 4 is 43.7 Å². The molecule has 0 spiro atoms. The van der Waals surface area contributed by atoms with Crippen molar-refractivity contribution in [2.24, 2.45) is 0 Å². The summed E-state index contributed by atoms with van der Waals surface area (Å²) >= 11 is 0. The van der Waals surface area contributed by atoms with Crippen molar-refractivity contribution in [3.05, 3.63) is 217 Å². The third kappa shape index (κ3) is 5.82. The van der Waals surface area contributed by atoms with Gasteiger partial charge in [0.15, 0.2) is 17.5 Å². The van der Waals surface area contributed by atoms with Crippen LogP contribution in [0.2, 0.25) is 0 Å². The fourth-order valence-corrected chi connectivity index (χ4v) is 10.2. The molecule has 9 aromatic carbocycles. The zero-order valence-electron chi connectivity index (χ0n) is 35.8. The first-order valence-corrected chi connectivity index (χ1v) is 22.2. The molecule has 0 unspecified atom stereocenters. The molecule has 1 aliphatic carbocycles. The van der Waals surface area contributed by atoms with Crippen molar-refractivity contribution < 1.29 is 4.42 Å². The molecule has 0 radical (unpaired) electrons. The zero-order chi connectivity index (χ0) is 43.2. The average Bonchev–Trinajstić information content (AvgIpc) is 3.99. The fraction of sp³-hybridized carbons (Fsp3) is 0.0500. The number of benzene rings is 9. The smallest absolute Gasteiger partial charge is 0.167 e. The fourth-order valence-electron chi connectivity index (χ4n) is 10.2. The summed E-state index contributed by atoms with van der Waals surface area (Å²) in [6.45, 7) is 4.71. The highest BCUT2D eigenvalue weighted by molar-refractivity contribution is 6.14. The van der Waals surface area contributed by atoms with Crippen LogP contribution >= 0.6 is 0 Å². The van der Waals surface area contributed by atoms with Crippen molar-refractivity contribution in [3.63, 3.8) is 0 Å². The van der Waals surface area contributed by atoms with E-state index >= 15 is 0 Å². The summed E-state index contributed by atoms with van der Waals surface area (Å²) in [5.74, 6) is 1.79. The number of nitrogens with zero attached hydrogens (tertiary/aromatic N) is 4. The van der Waals surface area contributed by atoms with Crippen LogP contribution in [0.4, 0.5) is 0 Å². The summed E-state index contributed by atoms with van der Waals surface area (Å²) in [6.07, 6.45) is 0. The lowest BCUT2D eigenvalue weighted by atomic mass is 9.82. The standard InChI is InChI=1S/C60H40N4O/c1-60(2)51-27-13-12-22-44(51)48-35-50-49-34-41(32-33-53(49)64(54(50)36-52(48)60)42-20-10-5-11-21-42)37-28-30-38(31-29-37)43-23-14-24-45-46-25-15-26-47(56(46)65-55(43)45)59-62-57(39-16-6-3-7-17-39)61-58(63-59)40-18-8-4-9-19-40/h3-36H,1-2H3. The van der Waals surface area contributed by atoms with Crippen molar-refractivity contribution in [2.75, 3.05) is 0 Å². The van der Waals surface area contributed by atoms with E-state index in [0.717, 1.165) is 61.0 Å². The lowest BCUT2D eigenvalue weighted by molar-refractivity contribution is 0.661. The van der Waals surface area contributed by atoms with Gasteiger partial charge in [0, 0.05) is 49.3 Å². The molecule has 0 atom stereocenters. The van der Waals surface area contributed by atoms with Gasteiger partial charge in [0.2, 0.25) is 0 Å². The van der Waals surface area contributed by atoms with Crippen LogP contribution in [0, 0.1) is 0 Å². The van der Waals surface area contributed by atoms with Crippen LogP contribution in [0.3, 0.4) is 0 Å². The van der Waals surface area contributed by atoms with E-state index < -0.39 is 0 Å². The van der Waals surface area contributed by atoms with Gasteiger partial charge in [-0.05, 0) is 81.4 Å². The Hall–Kier alpha value is -8.41. The van der Waals surface area contributed by atoms with Crippen LogP contribution in [0.1, 0.15) is 25.0 Å². The first kappa shape index (κ1) is 37.2. The Kier molecular flexibility index (Phi) is 8.18. The van der Waals surface area contributed by atoms with E-state index in [0.29, 0.717) is 17.5 Å². The number of hydrogen-bond donors (Lipinski definition) is 0. The maximum atomic E-state index is 6.92. The number of fused-ring (bicyclic) bond motifs is 9. The second-order valence-electron chi connectivity index (χ2n) is 17.6. The Morgan fingerprint density at radius 1 is 0.354 bits per heavy atom. The first-order valence-electron chi connectivity index (χ1n) is 22.2. The van der Waals surface area contributed by atoms with E-state index in [1.54, 1.807) is 0 Å². The normalized spacial score (nSPS) is 12.9. The van der Waals surface area contributed by atoms with E-state index in [1.165, 1.54) is 49.6 Å². The summed E-state index contributed by atoms with van der Waals surface area (Å²) in [6, 6.07) is 73.1. The molecule has 65 heavy (non-hydrogen) atoms. The van der Waals surface area contributed by atoms with Crippen LogP contribution < -0.4 is 0 Å². The molecule has 5 heteroatoms. The third-order valence-electron chi connectivity index (χ3n) is 13.5. The number of aromatic nitrogens is 4. The highest BCUT2D eigenvalue weighted by atomic mass is 16.3. The third-order valence-corrected chi connectivity index (χ3v) is 13.5. The predicted molar refractivity (Wildman–Crippen MR) is 266 cm³/mol. The molecule has 5 nitrogen and oxygen atoms in total. The van der Waals surface area contributed by atoms with Gasteiger partial charge < -0.3 is 8.98 Å². The Morgan fingerprint density at radius 3 is 1.58 bits per heavy atom. The minimum absolute atomic E-state index is 0.0901. The van der Waals surface area contributed by atoms with E-state index in [9.17, 15) is 0 Å². The molecule has 13 rings (SSSR count). The summed E-state index contributed by atoms with van der Waals surface area (Å²) in [4.78, 5) is 15.0. The van der Waals surface area contributed by atoms with Crippen LogP contribution in [0.5, 0.6) is 0 Å². The summed E-state index contributed by atoms with van der Waals surface area (Å²) < 4.78 is 9.35. The molecule has 12 aromatic rings. The minimum Gasteiger partial charge on any atom is -0.455 e. The maximum Gasteiger partial charge on any atom is 0.167 e. The zero-order valence-corrected chi connectivity index (χ0v) is 35.8. The monoisotopic (exact) mass is 832 g/mol. The predicted octanol–water partition coefficient (Wildman–Crippen LogP) is 15.5. The molecule has 0 bridgehead atoms. The summed E-state index contributed by atoms with van der Waals surface area (Å²) in [5, 5.41) is 4.55. The highest BCUT2D eigenvalue weighted by Crippen LogP contribution is 2.51. The first-order chi connectivity index (χ1) is 32.0. The van der Waals surface area contributed by atoms with Gasteiger partial charge in [-0.15, -0.1) is 0 Å². The van der Waals surface area contributed by atoms with Crippen LogP contribution in [0.25, 0.3) is 117 Å². The van der Waals surface area contributed by atoms with Gasteiger partial charge in [-0.3, -0.25) is 0 Å². The molecule has 306 valence electrons. The van der Waals surface area contributed by atoms with E-state index in [1.807, 2.05) is 66.7 Å². The molecular weight excluding hydrogens is 793 g/mol. The van der Waals surface area contributed by atoms with Crippen molar-refractivity contribution in [3.8, 4) is 73.2 Å². The van der Waals surface area contributed by atoms with Crippen molar-refractivity contribution in [1.29, 1.82) is 0 Å². The van der Waals surface area contributed by atoms with Gasteiger partial charge in [0.25, 0.3) is 0 Å². The quantitative estimate of drug-likeness (QED) is 0.167. The largest absolute Gasteiger partial charge is 0.455 e. The van der Waals surface area contributed by atoms with Gasteiger partial charge in [0.1, 0.15) is 11.2 Å². The molecule has 0 saturated carbocycles. The number of hydrogen-bond acceptors (Lipinski definition) is 4. The molecule has 1 aliphatic rings.